The number of hydrogen-bond donors (Lipinski definition) is 2. The predicted octanol–water partition coefficient (Wildman–Crippen LogP) is 4.83. The summed E-state index contributed by atoms with van der Waals surface area (Å²) >= 11 is 1.68. The molecule has 1 amide bonds. The number of carbonyl (C=O) groups excluding carboxylic acids is 1. The number of benzene rings is 2. The summed E-state index contributed by atoms with van der Waals surface area (Å²) in [5.74, 6) is 0.0983. The van der Waals surface area contributed by atoms with E-state index in [1.807, 2.05) is 30.1 Å². The maximum Gasteiger partial charge on any atom is 0.248 e. The van der Waals surface area contributed by atoms with Crippen LogP contribution in [0.3, 0.4) is 0 Å². The number of hydrogen-bond acceptors (Lipinski definition) is 4. The molecule has 0 unspecified atom stereocenters. The number of primary amides is 1. The highest BCUT2D eigenvalue weighted by Crippen LogP contribution is 2.36. The zero-order valence-electron chi connectivity index (χ0n) is 15.6. The Balaban J connectivity index is 1.77. The number of amides is 1. The minimum absolute atomic E-state index is 0.416. The van der Waals surface area contributed by atoms with Gasteiger partial charge in [-0.25, -0.2) is 4.98 Å². The fraction of sp³-hybridized carbons (Fsp3) is 0.238. The van der Waals surface area contributed by atoms with Crippen molar-refractivity contribution in [1.82, 2.24) is 9.55 Å². The standard InChI is InChI=1S/C21H22N4OS/c1-12(2)8-13-4-5-14(21(22)26)9-16(13)24-19-10-15-18(27-19)7-6-17-20(15)23-11-25(17)3/h4-7,9-12,24H,8H2,1-3H3,(H2,22,26). The normalized spacial score (nSPS) is 11.6. The van der Waals surface area contributed by atoms with E-state index in [1.165, 1.54) is 10.3 Å². The number of anilines is 2. The van der Waals surface area contributed by atoms with Gasteiger partial charge >= 0.3 is 0 Å². The van der Waals surface area contributed by atoms with Gasteiger partial charge in [-0.05, 0) is 48.2 Å². The van der Waals surface area contributed by atoms with Crippen molar-refractivity contribution in [3.63, 3.8) is 0 Å². The third kappa shape index (κ3) is 3.28. The highest BCUT2D eigenvalue weighted by Gasteiger charge is 2.13. The van der Waals surface area contributed by atoms with Crippen LogP contribution >= 0.6 is 11.3 Å². The molecule has 0 radical (unpaired) electrons. The van der Waals surface area contributed by atoms with Crippen LogP contribution in [0.2, 0.25) is 0 Å². The quantitative estimate of drug-likeness (QED) is 0.522. The van der Waals surface area contributed by atoms with Gasteiger partial charge in [0.05, 0.1) is 22.4 Å². The van der Waals surface area contributed by atoms with E-state index < -0.39 is 5.91 Å². The van der Waals surface area contributed by atoms with Gasteiger partial charge in [-0.3, -0.25) is 4.79 Å². The van der Waals surface area contributed by atoms with Gasteiger partial charge < -0.3 is 15.6 Å². The smallest absolute Gasteiger partial charge is 0.248 e. The lowest BCUT2D eigenvalue weighted by molar-refractivity contribution is 0.100. The molecule has 0 fully saturated rings. The third-order valence-electron chi connectivity index (χ3n) is 4.67. The van der Waals surface area contributed by atoms with Gasteiger partial charge in [-0.15, -0.1) is 11.3 Å². The molecule has 4 rings (SSSR count). The first-order chi connectivity index (χ1) is 12.9. The lowest BCUT2D eigenvalue weighted by atomic mass is 9.99. The summed E-state index contributed by atoms with van der Waals surface area (Å²) in [6.45, 7) is 4.37. The predicted molar refractivity (Wildman–Crippen MR) is 113 cm³/mol. The number of aryl methyl sites for hydroxylation is 1. The average Bonchev–Trinajstić information content (AvgIpc) is 3.19. The van der Waals surface area contributed by atoms with Crippen molar-refractivity contribution in [1.29, 1.82) is 0 Å². The molecule has 0 aliphatic carbocycles. The molecule has 27 heavy (non-hydrogen) atoms. The Morgan fingerprint density at radius 3 is 2.81 bits per heavy atom. The van der Waals surface area contributed by atoms with Gasteiger partial charge in [0.15, 0.2) is 0 Å². The molecular weight excluding hydrogens is 356 g/mol. The fourth-order valence-corrected chi connectivity index (χ4v) is 4.35. The van der Waals surface area contributed by atoms with Gasteiger partial charge in [0.2, 0.25) is 5.91 Å². The second-order valence-electron chi connectivity index (χ2n) is 7.27. The van der Waals surface area contributed by atoms with E-state index in [2.05, 4.69) is 42.3 Å². The van der Waals surface area contributed by atoms with Gasteiger partial charge in [0, 0.05) is 28.4 Å². The highest BCUT2D eigenvalue weighted by molar-refractivity contribution is 7.23. The fourth-order valence-electron chi connectivity index (χ4n) is 3.37. The van der Waals surface area contributed by atoms with Crippen LogP contribution in [0.25, 0.3) is 21.1 Å². The number of nitrogens with zero attached hydrogens (tertiary/aromatic N) is 2. The topological polar surface area (TPSA) is 72.9 Å². The van der Waals surface area contributed by atoms with Gasteiger partial charge in [0.25, 0.3) is 0 Å². The van der Waals surface area contributed by atoms with Crippen molar-refractivity contribution in [2.45, 2.75) is 20.3 Å². The molecule has 0 saturated carbocycles. The molecule has 3 N–H and O–H groups in total. The van der Waals surface area contributed by atoms with Crippen molar-refractivity contribution in [3.8, 4) is 0 Å². The van der Waals surface area contributed by atoms with Gasteiger partial charge in [-0.1, -0.05) is 19.9 Å². The van der Waals surface area contributed by atoms with E-state index in [-0.39, 0.29) is 0 Å². The number of carbonyl (C=O) groups is 1. The molecule has 138 valence electrons. The number of aromatic nitrogens is 2. The van der Waals surface area contributed by atoms with Crippen LogP contribution in [0, 0.1) is 5.92 Å². The number of imidazole rings is 1. The first-order valence-corrected chi connectivity index (χ1v) is 9.77. The zero-order valence-corrected chi connectivity index (χ0v) is 16.4. The van der Waals surface area contributed by atoms with E-state index in [4.69, 9.17) is 5.73 Å². The molecule has 2 heterocycles. The van der Waals surface area contributed by atoms with Crippen molar-refractivity contribution < 1.29 is 4.79 Å². The summed E-state index contributed by atoms with van der Waals surface area (Å²) in [5, 5.41) is 5.67. The second-order valence-corrected chi connectivity index (χ2v) is 8.35. The minimum atomic E-state index is -0.416. The number of nitrogens with two attached hydrogens (primary N) is 1. The van der Waals surface area contributed by atoms with E-state index in [0.717, 1.165) is 33.5 Å². The van der Waals surface area contributed by atoms with Crippen LogP contribution in [-0.4, -0.2) is 15.5 Å². The third-order valence-corrected chi connectivity index (χ3v) is 5.69. The van der Waals surface area contributed by atoms with Crippen LogP contribution in [0.4, 0.5) is 10.7 Å². The van der Waals surface area contributed by atoms with Gasteiger partial charge in [0.1, 0.15) is 0 Å². The largest absolute Gasteiger partial charge is 0.366 e. The van der Waals surface area contributed by atoms with E-state index in [0.29, 0.717) is 11.5 Å². The van der Waals surface area contributed by atoms with E-state index >= 15 is 0 Å². The molecule has 2 aromatic carbocycles. The summed E-state index contributed by atoms with van der Waals surface area (Å²) in [5.41, 5.74) is 10.2. The Kier molecular flexibility index (Phi) is 4.36. The molecule has 2 aromatic heterocycles. The lowest BCUT2D eigenvalue weighted by Crippen LogP contribution is -2.12. The van der Waals surface area contributed by atoms with Crippen LogP contribution < -0.4 is 11.1 Å². The van der Waals surface area contributed by atoms with E-state index in [1.54, 1.807) is 17.4 Å². The van der Waals surface area contributed by atoms with Crippen molar-refractivity contribution in [3.05, 3.63) is 53.9 Å². The maximum atomic E-state index is 11.6. The first kappa shape index (κ1) is 17.5. The summed E-state index contributed by atoms with van der Waals surface area (Å²) in [6, 6.07) is 12.0. The molecule has 0 atom stereocenters. The van der Waals surface area contributed by atoms with Crippen LogP contribution in [0.15, 0.2) is 42.7 Å². The van der Waals surface area contributed by atoms with Crippen LogP contribution in [0.1, 0.15) is 29.8 Å². The molecule has 0 aliphatic heterocycles. The van der Waals surface area contributed by atoms with Crippen LogP contribution in [-0.2, 0) is 13.5 Å². The maximum absolute atomic E-state index is 11.6. The van der Waals surface area contributed by atoms with Crippen molar-refractivity contribution in [2.75, 3.05) is 5.32 Å². The Labute approximate surface area is 161 Å². The van der Waals surface area contributed by atoms with Gasteiger partial charge in [-0.2, -0.15) is 0 Å². The van der Waals surface area contributed by atoms with E-state index in [9.17, 15) is 4.79 Å². The summed E-state index contributed by atoms with van der Waals surface area (Å²) in [6.07, 6.45) is 2.77. The number of rotatable bonds is 5. The second kappa shape index (κ2) is 6.70. The molecule has 0 bridgehead atoms. The Bertz CT molecular complexity index is 1160. The molecule has 4 aromatic rings. The first-order valence-electron chi connectivity index (χ1n) is 8.95. The van der Waals surface area contributed by atoms with Crippen molar-refractivity contribution >= 4 is 49.1 Å². The molecular formula is C21H22N4OS. The lowest BCUT2D eigenvalue weighted by Gasteiger charge is -2.14. The molecule has 0 spiro atoms. The Morgan fingerprint density at radius 1 is 1.26 bits per heavy atom. The Morgan fingerprint density at radius 2 is 2.07 bits per heavy atom. The molecule has 5 nitrogen and oxygen atoms in total. The number of fused-ring (bicyclic) bond motifs is 3. The molecule has 0 aliphatic rings. The number of thiophene rings is 1. The summed E-state index contributed by atoms with van der Waals surface area (Å²) in [7, 11) is 2.00. The van der Waals surface area contributed by atoms with Crippen molar-refractivity contribution in [2.24, 2.45) is 18.7 Å². The SMILES string of the molecule is CC(C)Cc1ccc(C(N)=O)cc1Nc1cc2c(ccc3c2ncn3C)s1. The number of nitrogens with one attached hydrogen (secondary N) is 1. The average molecular weight is 379 g/mol. The highest BCUT2D eigenvalue weighted by atomic mass is 32.1. The van der Waals surface area contributed by atoms with Crippen LogP contribution in [0.5, 0.6) is 0 Å². The summed E-state index contributed by atoms with van der Waals surface area (Å²) in [4.78, 5) is 16.2. The zero-order chi connectivity index (χ0) is 19.1. The molecule has 0 saturated heterocycles. The minimum Gasteiger partial charge on any atom is -0.366 e. The monoisotopic (exact) mass is 378 g/mol. The Hall–Kier alpha value is -2.86. The summed E-state index contributed by atoms with van der Waals surface area (Å²) < 4.78 is 3.21. The molecule has 6 heteroatoms.